The second kappa shape index (κ2) is 11.0. The van der Waals surface area contributed by atoms with Crippen molar-refractivity contribution in [3.05, 3.63) is 77.1 Å². The molecule has 37 heavy (non-hydrogen) atoms. The number of tetrazole rings is 1. The van der Waals surface area contributed by atoms with Crippen molar-refractivity contribution >= 4 is 5.71 Å². The molecule has 3 N–H and O–H groups in total. The molecule has 1 saturated carbocycles. The summed E-state index contributed by atoms with van der Waals surface area (Å²) >= 11 is 0. The van der Waals surface area contributed by atoms with Gasteiger partial charge >= 0.3 is 0 Å². The van der Waals surface area contributed by atoms with Crippen molar-refractivity contribution in [3.63, 3.8) is 0 Å². The summed E-state index contributed by atoms with van der Waals surface area (Å²) in [4.78, 5) is 0. The normalized spacial score (nSPS) is 20.0. The third kappa shape index (κ3) is 6.37. The SMILES string of the molecule is CC(C)(C)c1cccc(C2(NCC(O)C(Cc3cc(F)cc(F)c3)n3cnnn3)CCC(=NO)CC2)c1. The molecule has 2 atom stereocenters. The van der Waals surface area contributed by atoms with Crippen LogP contribution in [0.25, 0.3) is 0 Å². The third-order valence-corrected chi connectivity index (χ3v) is 7.27. The Hall–Kier alpha value is -3.24. The van der Waals surface area contributed by atoms with Gasteiger partial charge in [-0.15, -0.1) is 5.10 Å². The second-order valence-electron chi connectivity index (χ2n) is 10.9. The smallest absolute Gasteiger partial charge is 0.138 e. The van der Waals surface area contributed by atoms with Crippen molar-refractivity contribution in [1.29, 1.82) is 0 Å². The number of aromatic nitrogens is 4. The van der Waals surface area contributed by atoms with Crippen molar-refractivity contribution < 1.29 is 19.1 Å². The van der Waals surface area contributed by atoms with Crippen LogP contribution >= 0.6 is 0 Å². The van der Waals surface area contributed by atoms with E-state index in [-0.39, 0.29) is 18.4 Å². The van der Waals surface area contributed by atoms with Gasteiger partial charge < -0.3 is 15.6 Å². The van der Waals surface area contributed by atoms with Crippen molar-refractivity contribution in [3.8, 4) is 0 Å². The Labute approximate surface area is 215 Å². The number of benzene rings is 2. The number of nitrogens with one attached hydrogen (secondary N) is 1. The van der Waals surface area contributed by atoms with Crippen LogP contribution in [-0.2, 0) is 17.4 Å². The molecule has 1 fully saturated rings. The highest BCUT2D eigenvalue weighted by Gasteiger charge is 2.37. The largest absolute Gasteiger partial charge is 0.411 e. The van der Waals surface area contributed by atoms with Gasteiger partial charge in [0, 0.05) is 18.2 Å². The average molecular weight is 513 g/mol. The summed E-state index contributed by atoms with van der Waals surface area (Å²) in [5, 5.41) is 39.0. The van der Waals surface area contributed by atoms with Crippen LogP contribution in [0.5, 0.6) is 0 Å². The Morgan fingerprint density at radius 1 is 1.11 bits per heavy atom. The number of oxime groups is 1. The van der Waals surface area contributed by atoms with E-state index in [0.29, 0.717) is 31.2 Å². The second-order valence-corrected chi connectivity index (χ2v) is 10.9. The Morgan fingerprint density at radius 3 is 2.41 bits per heavy atom. The van der Waals surface area contributed by atoms with Crippen LogP contribution in [0.3, 0.4) is 0 Å². The first-order valence-corrected chi connectivity index (χ1v) is 12.5. The van der Waals surface area contributed by atoms with E-state index >= 15 is 0 Å². The molecule has 2 aromatic carbocycles. The van der Waals surface area contributed by atoms with E-state index in [1.807, 2.05) is 6.07 Å². The maximum atomic E-state index is 13.8. The van der Waals surface area contributed by atoms with Crippen LogP contribution in [0, 0.1) is 11.6 Å². The van der Waals surface area contributed by atoms with Gasteiger partial charge in [-0.2, -0.15) is 0 Å². The molecule has 1 heterocycles. The lowest BCUT2D eigenvalue weighted by molar-refractivity contribution is 0.0883. The van der Waals surface area contributed by atoms with Crippen LogP contribution in [0.15, 0.2) is 53.9 Å². The first-order chi connectivity index (χ1) is 17.6. The predicted molar refractivity (Wildman–Crippen MR) is 135 cm³/mol. The summed E-state index contributed by atoms with van der Waals surface area (Å²) in [7, 11) is 0. The fraction of sp³-hybridized carbons (Fsp3) is 0.481. The summed E-state index contributed by atoms with van der Waals surface area (Å²) in [6.45, 7) is 6.69. The van der Waals surface area contributed by atoms with Crippen molar-refractivity contribution in [1.82, 2.24) is 25.5 Å². The van der Waals surface area contributed by atoms with Gasteiger partial charge in [-0.1, -0.05) is 50.2 Å². The van der Waals surface area contributed by atoms with Crippen LogP contribution in [0.1, 0.15) is 69.2 Å². The minimum atomic E-state index is -0.967. The van der Waals surface area contributed by atoms with Crippen LogP contribution in [0.4, 0.5) is 8.78 Å². The number of halogens is 2. The summed E-state index contributed by atoms with van der Waals surface area (Å²) in [6.07, 6.45) is 3.18. The molecule has 3 aromatic rings. The van der Waals surface area contributed by atoms with Gasteiger partial charge in [-0.25, -0.2) is 13.5 Å². The minimum absolute atomic E-state index is 0.0332. The molecular formula is C27H34F2N6O2. The molecule has 2 unspecified atom stereocenters. The molecule has 8 nitrogen and oxygen atoms in total. The summed E-state index contributed by atoms with van der Waals surface area (Å²) in [6, 6.07) is 11.1. The van der Waals surface area contributed by atoms with E-state index < -0.39 is 29.3 Å². The van der Waals surface area contributed by atoms with Gasteiger partial charge in [0.2, 0.25) is 0 Å². The number of rotatable bonds is 8. The molecule has 0 saturated heterocycles. The molecule has 0 radical (unpaired) electrons. The molecule has 1 aliphatic carbocycles. The average Bonchev–Trinajstić information content (AvgIpc) is 3.40. The van der Waals surface area contributed by atoms with Crippen LogP contribution in [-0.4, -0.2) is 48.9 Å². The number of nitrogens with zero attached hydrogens (tertiary/aromatic N) is 5. The fourth-order valence-corrected chi connectivity index (χ4v) is 5.05. The van der Waals surface area contributed by atoms with E-state index in [4.69, 9.17) is 0 Å². The maximum Gasteiger partial charge on any atom is 0.138 e. The zero-order valence-corrected chi connectivity index (χ0v) is 21.4. The van der Waals surface area contributed by atoms with Crippen LogP contribution < -0.4 is 5.32 Å². The van der Waals surface area contributed by atoms with Gasteiger partial charge in [0.25, 0.3) is 0 Å². The van der Waals surface area contributed by atoms with Crippen LogP contribution in [0.2, 0.25) is 0 Å². The number of hydrogen-bond donors (Lipinski definition) is 3. The number of aliphatic hydroxyl groups excluding tert-OH is 1. The Bertz CT molecular complexity index is 1200. The zero-order valence-electron chi connectivity index (χ0n) is 21.4. The van der Waals surface area contributed by atoms with E-state index in [2.05, 4.69) is 65.0 Å². The first kappa shape index (κ1) is 26.8. The summed E-state index contributed by atoms with van der Waals surface area (Å²) < 4.78 is 29.1. The molecule has 0 bridgehead atoms. The maximum absolute atomic E-state index is 13.8. The van der Waals surface area contributed by atoms with Gasteiger partial charge in [-0.05, 0) is 76.8 Å². The topological polar surface area (TPSA) is 108 Å². The molecule has 0 amide bonds. The highest BCUT2D eigenvalue weighted by molar-refractivity contribution is 5.85. The highest BCUT2D eigenvalue weighted by Crippen LogP contribution is 2.38. The minimum Gasteiger partial charge on any atom is -0.411 e. The standard InChI is InChI=1S/C27H34F2N6O2/c1-26(2,3)19-5-4-6-20(14-19)27(9-7-23(32-37)8-10-27)30-16-25(36)24(35-17-31-33-34-35)13-18-11-21(28)15-22(29)12-18/h4-6,11-12,14-15,17,24-25,30,36-37H,7-10,13,16H2,1-3H3. The van der Waals surface area contributed by atoms with Gasteiger partial charge in [0.05, 0.1) is 17.9 Å². The van der Waals surface area contributed by atoms with Crippen molar-refractivity contribution in [2.24, 2.45) is 5.16 Å². The molecule has 198 valence electrons. The predicted octanol–water partition coefficient (Wildman–Crippen LogP) is 4.28. The van der Waals surface area contributed by atoms with E-state index in [9.17, 15) is 19.1 Å². The van der Waals surface area contributed by atoms with Gasteiger partial charge in [-0.3, -0.25) is 0 Å². The summed E-state index contributed by atoms with van der Waals surface area (Å²) in [5.74, 6) is -1.36. The van der Waals surface area contributed by atoms with E-state index in [0.717, 1.165) is 17.3 Å². The molecule has 0 spiro atoms. The fourth-order valence-electron chi connectivity index (χ4n) is 5.05. The molecule has 4 rings (SSSR count). The Morgan fingerprint density at radius 2 is 1.81 bits per heavy atom. The zero-order chi connectivity index (χ0) is 26.6. The number of aliphatic hydroxyl groups is 1. The Balaban J connectivity index is 1.60. The highest BCUT2D eigenvalue weighted by atomic mass is 19.1. The monoisotopic (exact) mass is 512 g/mol. The molecule has 10 heteroatoms. The molecule has 0 aliphatic heterocycles. The van der Waals surface area contributed by atoms with E-state index in [1.165, 1.54) is 28.7 Å². The lowest BCUT2D eigenvalue weighted by Gasteiger charge is -2.41. The first-order valence-electron chi connectivity index (χ1n) is 12.5. The van der Waals surface area contributed by atoms with Gasteiger partial charge in [0.1, 0.15) is 18.0 Å². The third-order valence-electron chi connectivity index (χ3n) is 7.27. The van der Waals surface area contributed by atoms with E-state index in [1.54, 1.807) is 0 Å². The lowest BCUT2D eigenvalue weighted by atomic mass is 9.74. The van der Waals surface area contributed by atoms with Crippen molar-refractivity contribution in [2.75, 3.05) is 6.54 Å². The molecular weight excluding hydrogens is 478 g/mol. The van der Waals surface area contributed by atoms with Gasteiger partial charge in [0.15, 0.2) is 0 Å². The summed E-state index contributed by atoms with van der Waals surface area (Å²) in [5.41, 5.74) is 2.97. The van der Waals surface area contributed by atoms with Crippen molar-refractivity contribution in [2.45, 2.75) is 76.0 Å². The quantitative estimate of drug-likeness (QED) is 0.307. The lowest BCUT2D eigenvalue weighted by Crippen LogP contribution is -2.49. The molecule has 1 aromatic heterocycles. The Kier molecular flexibility index (Phi) is 7.99. The molecule has 1 aliphatic rings. The number of hydrogen-bond acceptors (Lipinski definition) is 7.